The molecule has 0 amide bonds. The van der Waals surface area contributed by atoms with Crippen LogP contribution in [0.2, 0.25) is 0 Å². The Balaban J connectivity index is 0.000000166. The number of carbonyl (C=O) groups excluding carboxylic acids is 18. The summed E-state index contributed by atoms with van der Waals surface area (Å²) in [7, 11) is 0. The highest BCUT2D eigenvalue weighted by Gasteiger charge is 2.59. The topological polar surface area (TPSA) is 390 Å². The number of hydrogen-bond acceptors (Lipinski definition) is 27. The van der Waals surface area contributed by atoms with Gasteiger partial charge in [0.1, 0.15) is 0 Å². The summed E-state index contributed by atoms with van der Waals surface area (Å²) in [4.78, 5) is 199. The van der Waals surface area contributed by atoms with Gasteiger partial charge in [-0.1, -0.05) is 182 Å². The summed E-state index contributed by atoms with van der Waals surface area (Å²) in [6, 6.07) is 0. The molecule has 9 heterocycles. The zero-order valence-electron chi connectivity index (χ0n) is 69.1. The predicted octanol–water partition coefficient (Wildman–Crippen LogP) is 13.3. The average Bonchev–Trinajstić information content (AvgIpc) is 1.59. The Hall–Kier alpha value is -10.1. The molecule has 640 valence electrons. The molecule has 118 heavy (non-hydrogen) atoms. The van der Waals surface area contributed by atoms with Crippen LogP contribution < -0.4 is 0 Å². The van der Waals surface area contributed by atoms with Gasteiger partial charge in [-0.3, -0.25) is 86.3 Å². The third-order valence-electron chi connectivity index (χ3n) is 23.9. The van der Waals surface area contributed by atoms with E-state index < -0.39 is 5.97 Å². The standard InChI is InChI=1S/C16H26O3.C12H18O3.C10H10O3.C10H14O3.C9H8O3.2C9H10O3.C8H8O3.C8H10O3/c1-5-6-11(2)7-12(3)8-13(4)9-14-10-15(17)19-16(14)18;1-2-3-4-5-6-7-8-10-9-11(13)15-12(10)14;11-9-7-5-1-2-6(4-3-5)8(7)10(12)13-9;1-2-3-4-5-6-8-7-9(11)13-10(8)12;10-8-6-4-1-2-5(3-4)7(6)9(11)12-8;1-5-2-3-6-7(4-5)9(11)12-8(6)10;1-5-3-2-4-6-7(5)9(11)12-8(6)10;9-7-5-3-1-2-4-6(5)8(10)11-7;1-2-3-4-6-5-7(9)11-8(6)10/h8,11-12,14H,5-7,9-10H2,1-4H3;6-7,10H,2-5,8-9H2,1H3;1-2,5-8H,3-4H2;4-5,8H,2-3,6-7H2,1H3;1-2,4-7H,3H2;2,6-7H,3-4H2,1H3;2-3,5-7H,4H2,1H3;1-2,5-6H,3-4H2;2-3,6H,4-5H2,1H3/b13-8+;7-6+;;5-4+;;;;;3-2+. The van der Waals surface area contributed by atoms with Crippen molar-refractivity contribution in [2.75, 3.05) is 0 Å². The minimum Gasteiger partial charge on any atom is -0.393 e. The van der Waals surface area contributed by atoms with E-state index in [0.717, 1.165) is 44.4 Å². The summed E-state index contributed by atoms with van der Waals surface area (Å²) in [5, 5.41) is 0. The van der Waals surface area contributed by atoms with Crippen molar-refractivity contribution in [1.82, 2.24) is 0 Å². The summed E-state index contributed by atoms with van der Waals surface area (Å²) in [6.07, 6.45) is 52.5. The van der Waals surface area contributed by atoms with Crippen LogP contribution in [0.3, 0.4) is 0 Å². The van der Waals surface area contributed by atoms with Crippen LogP contribution in [0.1, 0.15) is 223 Å². The fraction of sp³-hybridized carbons (Fsp3) is 0.604. The number of fused-ring (bicyclic) bond motifs is 9. The van der Waals surface area contributed by atoms with Gasteiger partial charge in [0.15, 0.2) is 0 Å². The Morgan fingerprint density at radius 2 is 0.797 bits per heavy atom. The van der Waals surface area contributed by atoms with Crippen LogP contribution >= 0.6 is 0 Å². The van der Waals surface area contributed by atoms with E-state index in [1.807, 2.05) is 101 Å². The van der Waals surface area contributed by atoms with Gasteiger partial charge in [-0.15, -0.1) is 0 Å². The predicted molar refractivity (Wildman–Crippen MR) is 420 cm³/mol. The van der Waals surface area contributed by atoms with Crippen molar-refractivity contribution in [3.8, 4) is 0 Å². The summed E-state index contributed by atoms with van der Waals surface area (Å²) < 4.78 is 40.7. The van der Waals surface area contributed by atoms with Crippen LogP contribution in [-0.4, -0.2) is 107 Å². The maximum atomic E-state index is 11.4. The van der Waals surface area contributed by atoms with Crippen molar-refractivity contribution in [3.05, 3.63) is 108 Å². The Bertz CT molecular complexity index is 3970. The number of esters is 18. The minimum atomic E-state index is -0.399. The van der Waals surface area contributed by atoms with Crippen LogP contribution in [0.5, 0.6) is 0 Å². The van der Waals surface area contributed by atoms with Crippen molar-refractivity contribution in [2.45, 2.75) is 223 Å². The second-order valence-electron chi connectivity index (χ2n) is 33.2. The zero-order chi connectivity index (χ0) is 86.0. The quantitative estimate of drug-likeness (QED) is 0.0381. The smallest absolute Gasteiger partial charge is 0.318 e. The van der Waals surface area contributed by atoms with Gasteiger partial charge in [0.25, 0.3) is 0 Å². The Labute approximate surface area is 688 Å². The third kappa shape index (κ3) is 26.0. The molecular formula is C91H114O27. The van der Waals surface area contributed by atoms with Crippen molar-refractivity contribution in [3.63, 3.8) is 0 Å². The lowest BCUT2D eigenvalue weighted by molar-refractivity contribution is -0.156. The molecule has 2 saturated carbocycles. The number of cyclic esters (lactones) is 18. The van der Waals surface area contributed by atoms with Crippen molar-refractivity contribution < 1.29 is 129 Å². The minimum absolute atomic E-state index is 0.141. The number of allylic oxidation sites excluding steroid dienone is 18. The Morgan fingerprint density at radius 1 is 0.398 bits per heavy atom. The molecule has 0 aromatic carbocycles. The third-order valence-corrected chi connectivity index (χ3v) is 23.9. The summed E-state index contributed by atoms with van der Waals surface area (Å²) in [5.41, 5.74) is 2.37. The first-order valence-corrected chi connectivity index (χ1v) is 42.0. The van der Waals surface area contributed by atoms with Gasteiger partial charge in [-0.25, -0.2) is 0 Å². The summed E-state index contributed by atoms with van der Waals surface area (Å²) in [5.74, 6) is -6.57. The lowest BCUT2D eigenvalue weighted by atomic mass is 9.63. The highest BCUT2D eigenvalue weighted by Crippen LogP contribution is 2.52. The number of rotatable bonds is 19. The molecule has 0 aromatic rings. The molecule has 21 unspecified atom stereocenters. The fourth-order valence-corrected chi connectivity index (χ4v) is 17.7. The highest BCUT2D eigenvalue weighted by molar-refractivity contribution is 6.01. The first-order chi connectivity index (χ1) is 56.3. The second kappa shape index (κ2) is 45.2. The molecule has 27 nitrogen and oxygen atoms in total. The van der Waals surface area contributed by atoms with E-state index in [4.69, 9.17) is 0 Å². The molecule has 4 bridgehead atoms. The largest absolute Gasteiger partial charge is 0.393 e. The molecule has 27 heteroatoms. The van der Waals surface area contributed by atoms with Crippen LogP contribution in [0, 0.1) is 124 Å². The first kappa shape index (κ1) is 93.4. The molecule has 21 atom stereocenters. The van der Waals surface area contributed by atoms with E-state index in [2.05, 4.69) is 102 Å². The normalized spacial score (nSPS) is 32.1. The molecule has 9 aliphatic heterocycles. The van der Waals surface area contributed by atoms with Gasteiger partial charge in [-0.2, -0.15) is 0 Å². The van der Waals surface area contributed by atoms with E-state index in [0.29, 0.717) is 63.7 Å². The van der Waals surface area contributed by atoms with Gasteiger partial charge >= 0.3 is 107 Å². The summed E-state index contributed by atoms with van der Waals surface area (Å²) >= 11 is 0. The monoisotopic (exact) mass is 1640 g/mol. The van der Waals surface area contributed by atoms with E-state index in [1.165, 1.54) is 49.7 Å². The lowest BCUT2D eigenvalue weighted by Crippen LogP contribution is -2.38. The van der Waals surface area contributed by atoms with Crippen molar-refractivity contribution >= 4 is 107 Å². The number of hydrogen-bond donors (Lipinski definition) is 0. The van der Waals surface area contributed by atoms with E-state index in [-0.39, 0.29) is 240 Å². The molecule has 0 N–H and O–H groups in total. The highest BCUT2D eigenvalue weighted by atomic mass is 16.6. The van der Waals surface area contributed by atoms with Crippen LogP contribution in [0.15, 0.2) is 108 Å². The number of unbranched alkanes of at least 4 members (excludes halogenated alkanes) is 4. The first-order valence-electron chi connectivity index (χ1n) is 42.0. The van der Waals surface area contributed by atoms with Crippen molar-refractivity contribution in [1.29, 1.82) is 0 Å². The molecule has 0 spiro atoms. The molecule has 17 rings (SSSR count). The van der Waals surface area contributed by atoms with Crippen LogP contribution in [-0.2, 0) is 129 Å². The van der Waals surface area contributed by atoms with Crippen LogP contribution in [0.4, 0.5) is 0 Å². The van der Waals surface area contributed by atoms with Gasteiger partial charge in [0, 0.05) is 0 Å². The van der Waals surface area contributed by atoms with E-state index in [9.17, 15) is 86.3 Å². The average molecular weight is 1640 g/mol. The molecule has 17 aliphatic rings. The van der Waals surface area contributed by atoms with Crippen LogP contribution in [0.25, 0.3) is 0 Å². The maximum Gasteiger partial charge on any atom is 0.318 e. The Kier molecular flexibility index (Phi) is 35.8. The molecular weight excluding hydrogens is 1520 g/mol. The van der Waals surface area contributed by atoms with Gasteiger partial charge in [0.05, 0.1) is 109 Å². The van der Waals surface area contributed by atoms with E-state index in [1.54, 1.807) is 0 Å². The summed E-state index contributed by atoms with van der Waals surface area (Å²) in [6.45, 7) is 18.8. The second-order valence-corrected chi connectivity index (χ2v) is 33.2. The molecule has 8 aliphatic carbocycles. The van der Waals surface area contributed by atoms with E-state index >= 15 is 0 Å². The number of ether oxygens (including phenoxy) is 9. The van der Waals surface area contributed by atoms with Gasteiger partial charge in [0.2, 0.25) is 0 Å². The zero-order valence-corrected chi connectivity index (χ0v) is 69.1. The van der Waals surface area contributed by atoms with Gasteiger partial charge < -0.3 is 42.6 Å². The van der Waals surface area contributed by atoms with Crippen molar-refractivity contribution in [2.24, 2.45) is 124 Å². The van der Waals surface area contributed by atoms with Gasteiger partial charge in [-0.05, 0) is 165 Å². The molecule has 0 aromatic heterocycles. The fourth-order valence-electron chi connectivity index (χ4n) is 17.7. The number of carbonyl (C=O) groups is 18. The molecule has 11 fully saturated rings. The maximum absolute atomic E-state index is 11.4. The molecule has 0 radical (unpaired) electrons. The SMILES string of the molecule is C/C=C/CC1CC(=O)OC1=O.CC1=CCC2C(=O)OC(=O)C2C1.CC1C=CCC2C(=O)OC(=O)C12.CCC/C=C/CC1CC(=O)OC1=O.CCCC(C)CC(C)/C=C(\C)CC1CC(=O)OC1=O.CCCCC/C=C/CC1CC(=O)OC1=O.O=C1OC(=O)C2C3C=CC(C3)C12.O=C1OC(=O)C2C3C=CC(CC3)C12.O=C1OC(=O)C2CC=CCC12. The molecule has 9 saturated heterocycles. The lowest BCUT2D eigenvalue weighted by Gasteiger charge is -2.37. The Morgan fingerprint density at radius 3 is 1.23 bits per heavy atom.